The van der Waals surface area contributed by atoms with Gasteiger partial charge in [0, 0.05) is 24.1 Å². The summed E-state index contributed by atoms with van der Waals surface area (Å²) in [7, 11) is -3.44. The summed E-state index contributed by atoms with van der Waals surface area (Å²) in [5.74, 6) is -0.421. The van der Waals surface area contributed by atoms with Crippen molar-refractivity contribution < 1.29 is 22.7 Å². The lowest BCUT2D eigenvalue weighted by molar-refractivity contribution is 0.0245. The topological polar surface area (TPSA) is 92.8 Å². The Morgan fingerprint density at radius 3 is 2.32 bits per heavy atom. The van der Waals surface area contributed by atoms with E-state index in [2.05, 4.69) is 5.32 Å². The first-order valence-corrected chi connectivity index (χ1v) is 11.9. The van der Waals surface area contributed by atoms with E-state index >= 15 is 0 Å². The summed E-state index contributed by atoms with van der Waals surface area (Å²) in [5, 5.41) is 2.85. The van der Waals surface area contributed by atoms with Gasteiger partial charge < -0.3 is 15.0 Å². The Hall–Kier alpha value is -2.87. The predicted octanol–water partition coefficient (Wildman–Crippen LogP) is 4.41. The average Bonchev–Trinajstić information content (AvgIpc) is 2.65. The highest BCUT2D eigenvalue weighted by Crippen LogP contribution is 2.22. The molecule has 0 atom stereocenters. The van der Waals surface area contributed by atoms with E-state index in [1.54, 1.807) is 50.8 Å². The molecule has 8 heteroatoms. The van der Waals surface area contributed by atoms with Crippen molar-refractivity contribution in [2.24, 2.45) is 0 Å². The number of nitrogens with zero attached hydrogens (tertiary/aromatic N) is 1. The van der Waals surface area contributed by atoms with Crippen LogP contribution in [0.2, 0.25) is 0 Å². The molecule has 0 saturated heterocycles. The van der Waals surface area contributed by atoms with Crippen LogP contribution >= 0.6 is 0 Å². The average molecular weight is 447 g/mol. The molecular weight excluding hydrogens is 416 g/mol. The maximum Gasteiger partial charge on any atom is 0.410 e. The molecule has 0 spiro atoms. The number of carbonyl (C=O) groups excluding carboxylic acids is 2. The molecule has 0 bridgehead atoms. The zero-order valence-corrected chi connectivity index (χ0v) is 19.7. The van der Waals surface area contributed by atoms with E-state index in [4.69, 9.17) is 4.74 Å². The van der Waals surface area contributed by atoms with Crippen molar-refractivity contribution in [3.8, 4) is 0 Å². The molecule has 168 valence electrons. The molecule has 0 aliphatic rings. The minimum Gasteiger partial charge on any atom is -0.444 e. The quantitative estimate of drug-likeness (QED) is 0.710. The Kier molecular flexibility index (Phi) is 7.49. The van der Waals surface area contributed by atoms with E-state index in [9.17, 15) is 18.0 Å². The van der Waals surface area contributed by atoms with Crippen LogP contribution in [0.25, 0.3) is 0 Å². The minimum atomic E-state index is -3.44. The van der Waals surface area contributed by atoms with Crippen LogP contribution in [-0.2, 0) is 21.1 Å². The van der Waals surface area contributed by atoms with Gasteiger partial charge in [-0.1, -0.05) is 24.3 Å². The lowest BCUT2D eigenvalue weighted by Crippen LogP contribution is -2.36. The second kappa shape index (κ2) is 9.51. The van der Waals surface area contributed by atoms with Gasteiger partial charge in [-0.25, -0.2) is 13.2 Å². The van der Waals surface area contributed by atoms with Crippen LogP contribution < -0.4 is 5.32 Å². The first-order valence-electron chi connectivity index (χ1n) is 9.99. The molecule has 2 aromatic rings. The molecule has 2 aromatic carbocycles. The van der Waals surface area contributed by atoms with Crippen molar-refractivity contribution in [1.82, 2.24) is 4.90 Å². The van der Waals surface area contributed by atoms with E-state index in [0.717, 1.165) is 11.8 Å². The van der Waals surface area contributed by atoms with Crippen molar-refractivity contribution >= 4 is 27.5 Å². The number of aryl methyl sites for hydroxylation is 1. The number of sulfone groups is 1. The second-order valence-corrected chi connectivity index (χ2v) is 10.4. The van der Waals surface area contributed by atoms with Gasteiger partial charge in [0.25, 0.3) is 5.91 Å². The SMILES string of the molecule is CCN(Cc1ccccc1NC(=O)c1cc(S(C)(=O)=O)ccc1C)C(=O)OC(C)(C)C. The van der Waals surface area contributed by atoms with E-state index in [-0.39, 0.29) is 17.0 Å². The Balaban J connectivity index is 2.28. The molecule has 0 aromatic heterocycles. The Bertz CT molecular complexity index is 1070. The third-order valence-electron chi connectivity index (χ3n) is 4.54. The summed E-state index contributed by atoms with van der Waals surface area (Å²) >= 11 is 0. The predicted molar refractivity (Wildman–Crippen MR) is 121 cm³/mol. The molecule has 0 fully saturated rings. The van der Waals surface area contributed by atoms with Crippen LogP contribution in [0.3, 0.4) is 0 Å². The molecule has 0 saturated carbocycles. The maximum atomic E-state index is 12.9. The summed E-state index contributed by atoms with van der Waals surface area (Å²) in [6, 6.07) is 11.6. The molecule has 0 aliphatic carbocycles. The lowest BCUT2D eigenvalue weighted by atomic mass is 10.1. The van der Waals surface area contributed by atoms with Gasteiger partial charge in [0.2, 0.25) is 0 Å². The third kappa shape index (κ3) is 6.82. The van der Waals surface area contributed by atoms with Gasteiger partial charge >= 0.3 is 6.09 Å². The molecule has 2 amide bonds. The van der Waals surface area contributed by atoms with Gasteiger partial charge in [-0.3, -0.25) is 4.79 Å². The van der Waals surface area contributed by atoms with Crippen LogP contribution in [-0.4, -0.2) is 43.7 Å². The van der Waals surface area contributed by atoms with Crippen LogP contribution in [0.5, 0.6) is 0 Å². The fraction of sp³-hybridized carbons (Fsp3) is 0.391. The summed E-state index contributed by atoms with van der Waals surface area (Å²) in [5.41, 5.74) is 1.60. The van der Waals surface area contributed by atoms with Crippen molar-refractivity contribution in [2.75, 3.05) is 18.1 Å². The lowest BCUT2D eigenvalue weighted by Gasteiger charge is -2.27. The van der Waals surface area contributed by atoms with E-state index in [1.807, 2.05) is 19.1 Å². The van der Waals surface area contributed by atoms with Gasteiger partial charge in [0.1, 0.15) is 5.60 Å². The molecule has 31 heavy (non-hydrogen) atoms. The molecule has 7 nitrogen and oxygen atoms in total. The smallest absolute Gasteiger partial charge is 0.410 e. The number of anilines is 1. The third-order valence-corrected chi connectivity index (χ3v) is 5.65. The van der Waals surface area contributed by atoms with Gasteiger partial charge in [0.15, 0.2) is 9.84 Å². The molecule has 1 N–H and O–H groups in total. The fourth-order valence-electron chi connectivity index (χ4n) is 2.88. The van der Waals surface area contributed by atoms with Gasteiger partial charge in [-0.05, 0) is 63.9 Å². The summed E-state index contributed by atoms with van der Waals surface area (Å²) < 4.78 is 29.2. The number of nitrogens with one attached hydrogen (secondary N) is 1. The first-order chi connectivity index (χ1) is 14.3. The van der Waals surface area contributed by atoms with Crippen LogP contribution in [0, 0.1) is 6.92 Å². The second-order valence-electron chi connectivity index (χ2n) is 8.35. The largest absolute Gasteiger partial charge is 0.444 e. The Labute approximate surface area is 184 Å². The molecule has 0 unspecified atom stereocenters. The molecule has 0 radical (unpaired) electrons. The number of ether oxygens (including phenoxy) is 1. The summed E-state index contributed by atoms with van der Waals surface area (Å²) in [4.78, 5) is 27.0. The Morgan fingerprint density at radius 2 is 1.74 bits per heavy atom. The van der Waals surface area contributed by atoms with Gasteiger partial charge in [-0.15, -0.1) is 0 Å². The normalized spacial score (nSPS) is 11.7. The summed E-state index contributed by atoms with van der Waals surface area (Å²) in [6.45, 7) is 9.70. The van der Waals surface area contributed by atoms with Crippen LogP contribution in [0.1, 0.15) is 49.2 Å². The van der Waals surface area contributed by atoms with Crippen molar-refractivity contribution in [3.63, 3.8) is 0 Å². The first kappa shape index (κ1) is 24.4. The number of para-hydroxylation sites is 1. The maximum absolute atomic E-state index is 12.9. The summed E-state index contributed by atoms with van der Waals surface area (Å²) in [6.07, 6.45) is 0.665. The van der Waals surface area contributed by atoms with E-state index in [1.165, 1.54) is 12.1 Å². The monoisotopic (exact) mass is 446 g/mol. The van der Waals surface area contributed by atoms with Crippen LogP contribution in [0.4, 0.5) is 10.5 Å². The van der Waals surface area contributed by atoms with E-state index in [0.29, 0.717) is 17.8 Å². The standard InChI is InChI=1S/C23H30N2O5S/c1-7-25(22(27)30-23(3,4)5)15-17-10-8-9-11-20(17)24-21(26)19-14-18(31(6,28)29)13-12-16(19)2/h8-14H,7,15H2,1-6H3,(H,24,26). The number of rotatable bonds is 6. The van der Waals surface area contributed by atoms with Crippen molar-refractivity contribution in [3.05, 3.63) is 59.2 Å². The van der Waals surface area contributed by atoms with Crippen molar-refractivity contribution in [2.45, 2.75) is 51.7 Å². The minimum absolute atomic E-state index is 0.0821. The fourth-order valence-corrected chi connectivity index (χ4v) is 3.53. The highest BCUT2D eigenvalue weighted by molar-refractivity contribution is 7.90. The number of hydrogen-bond donors (Lipinski definition) is 1. The molecule has 2 rings (SSSR count). The number of carbonyl (C=O) groups is 2. The van der Waals surface area contributed by atoms with Crippen molar-refractivity contribution in [1.29, 1.82) is 0 Å². The highest BCUT2D eigenvalue weighted by Gasteiger charge is 2.22. The number of benzene rings is 2. The van der Waals surface area contributed by atoms with Crippen LogP contribution in [0.15, 0.2) is 47.4 Å². The zero-order valence-electron chi connectivity index (χ0n) is 18.9. The molecule has 0 aliphatic heterocycles. The molecular formula is C23H30N2O5S. The zero-order chi connectivity index (χ0) is 23.4. The highest BCUT2D eigenvalue weighted by atomic mass is 32.2. The number of hydrogen-bond acceptors (Lipinski definition) is 5. The van der Waals surface area contributed by atoms with Gasteiger partial charge in [-0.2, -0.15) is 0 Å². The van der Waals surface area contributed by atoms with Gasteiger partial charge in [0.05, 0.1) is 11.4 Å². The Morgan fingerprint density at radius 1 is 1.10 bits per heavy atom. The van der Waals surface area contributed by atoms with E-state index < -0.39 is 27.4 Å². The molecule has 0 heterocycles. The number of amides is 2.